The van der Waals surface area contributed by atoms with Gasteiger partial charge in [-0.15, -0.1) is 10.2 Å². The van der Waals surface area contributed by atoms with Gasteiger partial charge in [-0.2, -0.15) is 0 Å². The van der Waals surface area contributed by atoms with Crippen LogP contribution in [0.2, 0.25) is 0 Å². The van der Waals surface area contributed by atoms with E-state index in [0.717, 1.165) is 0 Å². The molecule has 0 bridgehead atoms. The Balaban J connectivity index is 2.33. The first-order chi connectivity index (χ1) is 8.11. The van der Waals surface area contributed by atoms with Crippen molar-refractivity contribution in [2.24, 2.45) is 0 Å². The monoisotopic (exact) mass is 299 g/mol. The number of nitrogens with zero attached hydrogens (tertiary/aromatic N) is 2. The molecule has 1 unspecified atom stereocenters. The van der Waals surface area contributed by atoms with Crippen LogP contribution in [0.5, 0.6) is 0 Å². The second kappa shape index (κ2) is 4.93. The molecule has 0 amide bonds. The highest BCUT2D eigenvalue weighted by atomic mass is 79.9. The van der Waals surface area contributed by atoms with Crippen LogP contribution in [0, 0.1) is 5.82 Å². The summed E-state index contributed by atoms with van der Waals surface area (Å²) in [6.07, 6.45) is 0. The second-order valence-electron chi connectivity index (χ2n) is 3.58. The molecule has 1 atom stereocenters. The predicted octanol–water partition coefficient (Wildman–Crippen LogP) is 2.92. The fourth-order valence-electron chi connectivity index (χ4n) is 1.28. The van der Waals surface area contributed by atoms with Gasteiger partial charge < -0.3 is 9.73 Å². The van der Waals surface area contributed by atoms with Gasteiger partial charge in [0, 0.05) is 5.56 Å². The highest BCUT2D eigenvalue weighted by Gasteiger charge is 2.14. The van der Waals surface area contributed by atoms with Gasteiger partial charge in [-0.05, 0) is 48.1 Å². The number of nitrogens with one attached hydrogen (secondary N) is 1. The summed E-state index contributed by atoms with van der Waals surface area (Å²) in [7, 11) is 1.81. The molecule has 1 N–H and O–H groups in total. The lowest BCUT2D eigenvalue weighted by atomic mass is 10.2. The maximum Gasteiger partial charge on any atom is 0.247 e. The van der Waals surface area contributed by atoms with E-state index in [-0.39, 0.29) is 11.9 Å². The lowest BCUT2D eigenvalue weighted by Crippen LogP contribution is -2.12. The number of hydrogen-bond donors (Lipinski definition) is 1. The van der Waals surface area contributed by atoms with E-state index in [4.69, 9.17) is 4.42 Å². The van der Waals surface area contributed by atoms with Crippen LogP contribution < -0.4 is 5.32 Å². The molecule has 0 aliphatic carbocycles. The Hall–Kier alpha value is -1.27. The van der Waals surface area contributed by atoms with Crippen molar-refractivity contribution in [1.82, 2.24) is 15.5 Å². The molecule has 6 heteroatoms. The van der Waals surface area contributed by atoms with Crippen molar-refractivity contribution in [2.75, 3.05) is 7.05 Å². The van der Waals surface area contributed by atoms with Crippen LogP contribution in [0.25, 0.3) is 11.5 Å². The van der Waals surface area contributed by atoms with Gasteiger partial charge in [-0.25, -0.2) is 4.39 Å². The third-order valence-electron chi connectivity index (χ3n) is 2.41. The minimum atomic E-state index is -0.322. The Bertz CT molecular complexity index is 529. The number of aromatic nitrogens is 2. The van der Waals surface area contributed by atoms with Crippen LogP contribution in [0.15, 0.2) is 27.1 Å². The van der Waals surface area contributed by atoms with E-state index < -0.39 is 0 Å². The van der Waals surface area contributed by atoms with Gasteiger partial charge in [0.05, 0.1) is 10.5 Å². The maximum atomic E-state index is 13.1. The number of benzene rings is 1. The van der Waals surface area contributed by atoms with Crippen LogP contribution in [0.3, 0.4) is 0 Å². The zero-order chi connectivity index (χ0) is 12.4. The van der Waals surface area contributed by atoms with Gasteiger partial charge in [0.25, 0.3) is 0 Å². The van der Waals surface area contributed by atoms with Crippen LogP contribution in [0.1, 0.15) is 18.9 Å². The Morgan fingerprint density at radius 3 is 2.82 bits per heavy atom. The molecule has 4 nitrogen and oxygen atoms in total. The lowest BCUT2D eigenvalue weighted by molar-refractivity contribution is 0.441. The number of hydrogen-bond acceptors (Lipinski definition) is 4. The van der Waals surface area contributed by atoms with Crippen LogP contribution in [-0.2, 0) is 0 Å². The first-order valence-electron chi connectivity index (χ1n) is 5.08. The highest BCUT2D eigenvalue weighted by molar-refractivity contribution is 9.10. The van der Waals surface area contributed by atoms with Crippen molar-refractivity contribution >= 4 is 15.9 Å². The molecule has 0 radical (unpaired) electrons. The topological polar surface area (TPSA) is 51.0 Å². The van der Waals surface area contributed by atoms with E-state index in [1.54, 1.807) is 12.1 Å². The molecular weight excluding hydrogens is 289 g/mol. The first-order valence-corrected chi connectivity index (χ1v) is 5.87. The molecule has 0 aliphatic rings. The van der Waals surface area contributed by atoms with Crippen molar-refractivity contribution < 1.29 is 8.81 Å². The van der Waals surface area contributed by atoms with E-state index in [0.29, 0.717) is 21.8 Å². The van der Waals surface area contributed by atoms with Gasteiger partial charge in [0.2, 0.25) is 11.8 Å². The van der Waals surface area contributed by atoms with E-state index in [9.17, 15) is 4.39 Å². The summed E-state index contributed by atoms with van der Waals surface area (Å²) >= 11 is 3.12. The fraction of sp³-hybridized carbons (Fsp3) is 0.273. The number of rotatable bonds is 3. The molecule has 1 aromatic heterocycles. The lowest BCUT2D eigenvalue weighted by Gasteiger charge is -2.02. The summed E-state index contributed by atoms with van der Waals surface area (Å²) in [5.74, 6) is 0.558. The molecule has 17 heavy (non-hydrogen) atoms. The first kappa shape index (κ1) is 12.2. The largest absolute Gasteiger partial charge is 0.419 e. The summed E-state index contributed by atoms with van der Waals surface area (Å²) in [6, 6.07) is 4.54. The van der Waals surface area contributed by atoms with Crippen molar-refractivity contribution in [2.45, 2.75) is 13.0 Å². The van der Waals surface area contributed by atoms with E-state index in [2.05, 4.69) is 31.4 Å². The van der Waals surface area contributed by atoms with Crippen LogP contribution >= 0.6 is 15.9 Å². The standard InChI is InChI=1S/C11H11BrFN3O/c1-6(14-2)10-15-16-11(17-10)7-3-4-9(13)8(12)5-7/h3-6,14H,1-2H3. The average Bonchev–Trinajstić information content (AvgIpc) is 2.81. The average molecular weight is 300 g/mol. The van der Waals surface area contributed by atoms with Gasteiger partial charge in [-0.3, -0.25) is 0 Å². The Morgan fingerprint density at radius 2 is 2.18 bits per heavy atom. The van der Waals surface area contributed by atoms with Crippen molar-refractivity contribution in [3.05, 3.63) is 34.4 Å². The minimum Gasteiger partial charge on any atom is -0.419 e. The maximum absolute atomic E-state index is 13.1. The molecule has 0 aliphatic heterocycles. The zero-order valence-corrected chi connectivity index (χ0v) is 11.0. The molecular formula is C11H11BrFN3O. The van der Waals surface area contributed by atoms with Crippen LogP contribution in [0.4, 0.5) is 4.39 Å². The summed E-state index contributed by atoms with van der Waals surface area (Å²) in [5.41, 5.74) is 0.681. The molecule has 2 rings (SSSR count). The molecule has 1 heterocycles. The van der Waals surface area contributed by atoms with Crippen LogP contribution in [-0.4, -0.2) is 17.2 Å². The van der Waals surface area contributed by atoms with Crippen molar-refractivity contribution in [1.29, 1.82) is 0 Å². The third-order valence-corrected chi connectivity index (χ3v) is 3.02. The molecule has 90 valence electrons. The van der Waals surface area contributed by atoms with E-state index in [1.165, 1.54) is 6.07 Å². The van der Waals surface area contributed by atoms with Gasteiger partial charge in [-0.1, -0.05) is 0 Å². The third kappa shape index (κ3) is 2.53. The summed E-state index contributed by atoms with van der Waals surface area (Å²) in [5, 5.41) is 10.9. The Kier molecular flexibility index (Phi) is 3.54. The molecule has 1 aromatic carbocycles. The van der Waals surface area contributed by atoms with Gasteiger partial charge >= 0.3 is 0 Å². The Labute approximate surface area is 106 Å². The number of halogens is 2. The normalized spacial score (nSPS) is 12.7. The molecule has 2 aromatic rings. The van der Waals surface area contributed by atoms with Gasteiger partial charge in [0.1, 0.15) is 5.82 Å². The molecule has 0 saturated heterocycles. The summed E-state index contributed by atoms with van der Waals surface area (Å²) < 4.78 is 18.9. The SMILES string of the molecule is CNC(C)c1nnc(-c2ccc(F)c(Br)c2)o1. The van der Waals surface area contributed by atoms with Gasteiger partial charge in [0.15, 0.2) is 0 Å². The van der Waals surface area contributed by atoms with E-state index in [1.807, 2.05) is 14.0 Å². The molecule has 0 saturated carbocycles. The second-order valence-corrected chi connectivity index (χ2v) is 4.44. The predicted molar refractivity (Wildman–Crippen MR) is 64.9 cm³/mol. The van der Waals surface area contributed by atoms with Crippen molar-refractivity contribution in [3.8, 4) is 11.5 Å². The van der Waals surface area contributed by atoms with E-state index >= 15 is 0 Å². The molecule has 0 spiro atoms. The molecule has 0 fully saturated rings. The van der Waals surface area contributed by atoms with Crippen molar-refractivity contribution in [3.63, 3.8) is 0 Å². The fourth-order valence-corrected chi connectivity index (χ4v) is 1.66. The zero-order valence-electron chi connectivity index (χ0n) is 9.37. The minimum absolute atomic E-state index is 0.0138. The summed E-state index contributed by atoms with van der Waals surface area (Å²) in [6.45, 7) is 1.91. The quantitative estimate of drug-likeness (QED) is 0.947. The highest BCUT2D eigenvalue weighted by Crippen LogP contribution is 2.25. The Morgan fingerprint density at radius 1 is 1.41 bits per heavy atom. The summed E-state index contributed by atoms with van der Waals surface area (Å²) in [4.78, 5) is 0. The smallest absolute Gasteiger partial charge is 0.247 e.